The third-order valence-electron chi connectivity index (χ3n) is 3.83. The largest absolute Gasteiger partial charge is 0.388 e. The lowest BCUT2D eigenvalue weighted by molar-refractivity contribution is 0.126. The average Bonchev–Trinajstić information content (AvgIpc) is 2.53. The highest BCUT2D eigenvalue weighted by molar-refractivity contribution is 6.94. The highest BCUT2D eigenvalue weighted by atomic mass is 28.3. The second kappa shape index (κ2) is 6.98. The van der Waals surface area contributed by atoms with E-state index < -0.39 is 14.2 Å². The minimum absolute atomic E-state index is 0.161. The van der Waals surface area contributed by atoms with Crippen LogP contribution in [0.1, 0.15) is 31.3 Å². The fourth-order valence-corrected chi connectivity index (χ4v) is 4.03. The van der Waals surface area contributed by atoms with Crippen molar-refractivity contribution in [3.05, 3.63) is 59.8 Å². The molecular formula is C18H24N2OSi. The first-order valence-corrected chi connectivity index (χ1v) is 10.7. The van der Waals surface area contributed by atoms with E-state index >= 15 is 0 Å². The van der Waals surface area contributed by atoms with Gasteiger partial charge in [0.15, 0.2) is 5.82 Å². The number of aliphatic hydroxyl groups excluding tert-OH is 1. The van der Waals surface area contributed by atoms with Gasteiger partial charge in [0.2, 0.25) is 0 Å². The van der Waals surface area contributed by atoms with Gasteiger partial charge < -0.3 is 5.11 Å². The molecular weight excluding hydrogens is 288 g/mol. The minimum atomic E-state index is -1.63. The van der Waals surface area contributed by atoms with Crippen molar-refractivity contribution >= 4 is 19.3 Å². The summed E-state index contributed by atoms with van der Waals surface area (Å²) in [6.07, 6.45) is 4.92. The molecule has 22 heavy (non-hydrogen) atoms. The molecule has 0 aliphatic heterocycles. The van der Waals surface area contributed by atoms with Crippen molar-refractivity contribution in [3.63, 3.8) is 0 Å². The Balaban J connectivity index is 2.13. The number of aliphatic hydroxyl groups is 1. The van der Waals surface area contributed by atoms with Gasteiger partial charge in [0, 0.05) is 18.0 Å². The number of aromatic nitrogens is 2. The maximum atomic E-state index is 10.0. The Morgan fingerprint density at radius 1 is 1.05 bits per heavy atom. The summed E-state index contributed by atoms with van der Waals surface area (Å²) in [5, 5.41) is 11.4. The summed E-state index contributed by atoms with van der Waals surface area (Å²) in [6.45, 7) is 8.56. The van der Waals surface area contributed by atoms with Crippen LogP contribution in [0.4, 0.5) is 0 Å². The Morgan fingerprint density at radius 2 is 1.64 bits per heavy atom. The number of hydrogen-bond acceptors (Lipinski definition) is 3. The van der Waals surface area contributed by atoms with Gasteiger partial charge in [-0.2, -0.15) is 0 Å². The fraction of sp³-hybridized carbons (Fsp3) is 0.333. The first kappa shape index (κ1) is 16.6. The molecule has 1 aromatic heterocycles. The van der Waals surface area contributed by atoms with Gasteiger partial charge in [0.25, 0.3) is 0 Å². The summed E-state index contributed by atoms with van der Waals surface area (Å²) in [5.41, 5.74) is 3.02. The molecule has 0 saturated heterocycles. The topological polar surface area (TPSA) is 46.0 Å². The molecule has 0 saturated carbocycles. The highest BCUT2D eigenvalue weighted by Crippen LogP contribution is 2.19. The van der Waals surface area contributed by atoms with Gasteiger partial charge in [-0.05, 0) is 12.0 Å². The van der Waals surface area contributed by atoms with Gasteiger partial charge in [-0.1, -0.05) is 68.2 Å². The molecule has 0 unspecified atom stereocenters. The number of hydrogen-bond donors (Lipinski definition) is 1. The Labute approximate surface area is 133 Å². The third kappa shape index (κ3) is 4.12. The number of nitrogens with zero attached hydrogens (tertiary/aromatic N) is 2. The van der Waals surface area contributed by atoms with E-state index in [4.69, 9.17) is 0 Å². The Hall–Kier alpha value is -1.78. The SMILES string of the molecule is CC(C)[C@H](O)c1cnc(/C=C/[Si](C)(C)c2ccccc2)nc1. The molecule has 1 atom stereocenters. The monoisotopic (exact) mass is 312 g/mol. The molecule has 0 spiro atoms. The van der Waals surface area contributed by atoms with Crippen LogP contribution >= 0.6 is 0 Å². The predicted octanol–water partition coefficient (Wildman–Crippen LogP) is 3.33. The van der Waals surface area contributed by atoms with Gasteiger partial charge in [-0.3, -0.25) is 0 Å². The van der Waals surface area contributed by atoms with Crippen LogP contribution in [0, 0.1) is 5.92 Å². The molecule has 3 nitrogen and oxygen atoms in total. The van der Waals surface area contributed by atoms with Gasteiger partial charge in [0.1, 0.15) is 8.07 Å². The van der Waals surface area contributed by atoms with Crippen LogP contribution in [0.2, 0.25) is 13.1 Å². The van der Waals surface area contributed by atoms with Crippen molar-refractivity contribution in [2.75, 3.05) is 0 Å². The van der Waals surface area contributed by atoms with E-state index in [1.165, 1.54) is 5.19 Å². The zero-order valence-electron chi connectivity index (χ0n) is 13.7. The quantitative estimate of drug-likeness (QED) is 0.861. The van der Waals surface area contributed by atoms with Gasteiger partial charge in [-0.15, -0.1) is 0 Å². The molecule has 2 aromatic rings. The molecule has 0 bridgehead atoms. The molecule has 0 fully saturated rings. The summed E-state index contributed by atoms with van der Waals surface area (Å²) in [4.78, 5) is 8.69. The minimum Gasteiger partial charge on any atom is -0.388 e. The molecule has 1 N–H and O–H groups in total. The van der Waals surface area contributed by atoms with Crippen LogP contribution in [0.3, 0.4) is 0 Å². The van der Waals surface area contributed by atoms with Crippen LogP contribution in [-0.2, 0) is 0 Å². The third-order valence-corrected chi connectivity index (χ3v) is 6.65. The molecule has 4 heteroatoms. The number of rotatable bonds is 5. The second-order valence-electron chi connectivity index (χ2n) is 6.48. The van der Waals surface area contributed by atoms with E-state index in [9.17, 15) is 5.11 Å². The van der Waals surface area contributed by atoms with E-state index in [2.05, 4.69) is 53.0 Å². The first-order chi connectivity index (χ1) is 10.4. The van der Waals surface area contributed by atoms with Crippen molar-refractivity contribution in [3.8, 4) is 0 Å². The maximum absolute atomic E-state index is 10.0. The summed E-state index contributed by atoms with van der Waals surface area (Å²) in [5.74, 6) is 0.852. The standard InChI is InChI=1S/C18H24N2OSi/c1-14(2)18(21)15-12-19-17(20-13-15)10-11-22(3,4)16-8-6-5-7-9-16/h5-14,18,21H,1-4H3/b11-10+/t18-/m0/s1. The summed E-state index contributed by atoms with van der Waals surface area (Å²) < 4.78 is 0. The second-order valence-corrected chi connectivity index (χ2v) is 10.8. The zero-order chi connectivity index (χ0) is 16.2. The van der Waals surface area contributed by atoms with E-state index in [0.29, 0.717) is 5.82 Å². The summed E-state index contributed by atoms with van der Waals surface area (Å²) in [6, 6.07) is 10.6. The van der Waals surface area contributed by atoms with Crippen LogP contribution in [0.25, 0.3) is 6.08 Å². The van der Waals surface area contributed by atoms with Crippen molar-refractivity contribution in [1.82, 2.24) is 9.97 Å². The smallest absolute Gasteiger partial charge is 0.151 e. The maximum Gasteiger partial charge on any atom is 0.151 e. The van der Waals surface area contributed by atoms with Crippen LogP contribution in [0.15, 0.2) is 48.4 Å². The van der Waals surface area contributed by atoms with E-state index in [-0.39, 0.29) is 5.92 Å². The molecule has 0 aliphatic rings. The van der Waals surface area contributed by atoms with Crippen molar-refractivity contribution in [2.45, 2.75) is 33.0 Å². The first-order valence-electron chi connectivity index (χ1n) is 7.65. The molecule has 0 amide bonds. The summed E-state index contributed by atoms with van der Waals surface area (Å²) in [7, 11) is -1.63. The van der Waals surface area contributed by atoms with E-state index in [1.54, 1.807) is 12.4 Å². The molecule has 1 aromatic carbocycles. The molecule has 116 valence electrons. The Bertz CT molecular complexity index is 621. The average molecular weight is 312 g/mol. The fourth-order valence-electron chi connectivity index (χ4n) is 2.22. The lowest BCUT2D eigenvalue weighted by Crippen LogP contribution is -2.39. The zero-order valence-corrected chi connectivity index (χ0v) is 14.7. The van der Waals surface area contributed by atoms with Crippen LogP contribution in [0.5, 0.6) is 0 Å². The Kier molecular flexibility index (Phi) is 5.27. The lowest BCUT2D eigenvalue weighted by atomic mass is 10.0. The molecule has 2 rings (SSSR count). The highest BCUT2D eigenvalue weighted by Gasteiger charge is 2.19. The molecule has 1 heterocycles. The van der Waals surface area contributed by atoms with E-state index in [0.717, 1.165) is 5.56 Å². The normalized spacial score (nSPS) is 13.7. The Morgan fingerprint density at radius 3 is 2.18 bits per heavy atom. The van der Waals surface area contributed by atoms with Gasteiger partial charge in [-0.25, -0.2) is 9.97 Å². The molecule has 0 radical (unpaired) electrons. The predicted molar refractivity (Wildman–Crippen MR) is 94.4 cm³/mol. The van der Waals surface area contributed by atoms with Gasteiger partial charge >= 0.3 is 0 Å². The van der Waals surface area contributed by atoms with Crippen LogP contribution in [-0.4, -0.2) is 23.1 Å². The van der Waals surface area contributed by atoms with Crippen molar-refractivity contribution in [2.24, 2.45) is 5.92 Å². The van der Waals surface area contributed by atoms with Crippen molar-refractivity contribution < 1.29 is 5.11 Å². The summed E-state index contributed by atoms with van der Waals surface area (Å²) >= 11 is 0. The lowest BCUT2D eigenvalue weighted by Gasteiger charge is -2.18. The van der Waals surface area contributed by atoms with Gasteiger partial charge in [0.05, 0.1) is 6.10 Å². The molecule has 0 aliphatic carbocycles. The van der Waals surface area contributed by atoms with Crippen molar-refractivity contribution in [1.29, 1.82) is 0 Å². The van der Waals surface area contributed by atoms with Crippen LogP contribution < -0.4 is 5.19 Å². The number of benzene rings is 1. The van der Waals surface area contributed by atoms with E-state index in [1.807, 2.05) is 26.0 Å².